The Morgan fingerprint density at radius 3 is 2.94 bits per heavy atom. The number of aliphatic hydroxyl groups is 1. The molecule has 1 saturated carbocycles. The van der Waals surface area contributed by atoms with Crippen LogP contribution in [0.4, 0.5) is 0 Å². The minimum Gasteiger partial charge on any atom is -0.493 e. The normalized spacial score (nSPS) is 34.1. The largest absolute Gasteiger partial charge is 0.493 e. The van der Waals surface area contributed by atoms with Gasteiger partial charge >= 0.3 is 0 Å². The van der Waals surface area contributed by atoms with E-state index in [1.807, 2.05) is 19.2 Å². The monoisotopic (exact) mass is 450 g/mol. The Morgan fingerprint density at radius 2 is 2.18 bits per heavy atom. The van der Waals surface area contributed by atoms with Crippen LogP contribution in [0.3, 0.4) is 0 Å². The number of furan rings is 1. The van der Waals surface area contributed by atoms with Crippen molar-refractivity contribution in [2.45, 2.75) is 54.9 Å². The Morgan fingerprint density at radius 1 is 1.33 bits per heavy atom. The fourth-order valence-corrected chi connectivity index (χ4v) is 7.09. The van der Waals surface area contributed by atoms with E-state index in [9.17, 15) is 9.90 Å². The van der Waals surface area contributed by atoms with Crippen LogP contribution in [-0.2, 0) is 16.6 Å². The molecule has 2 unspecified atom stereocenters. The Hall–Kier alpha value is -2.77. The maximum Gasteiger partial charge on any atom is 0.246 e. The minimum absolute atomic E-state index is 0.0344. The quantitative estimate of drug-likeness (QED) is 0.722. The number of hydrogen-bond acceptors (Lipinski definition) is 6. The number of carbonyl (C=O) groups is 1. The highest BCUT2D eigenvalue weighted by Gasteiger charge is 2.73. The predicted octanol–water partition coefficient (Wildman–Crippen LogP) is 2.61. The molecule has 2 bridgehead atoms. The standard InChI is InChI=1S/C26H30N2O5/c1-27-12-11-25-22-17-5-6-19(31-3)23(22)33-24(25)18(8-10-26(25,30)20(27)14-17)28(2)21(29)7-4-16-9-13-32-15-16/h4-7,9,13,15,18,20,24,30H,8,10-12,14H2,1-3H3/b7-4+/t18?,20-,24?,25+,26-/m1/s1. The number of piperidine rings is 1. The number of ether oxygens (including phenoxy) is 2. The average Bonchev–Trinajstić information content (AvgIpc) is 3.45. The molecule has 1 saturated heterocycles. The van der Waals surface area contributed by atoms with Crippen LogP contribution in [0.25, 0.3) is 6.08 Å². The van der Waals surface area contributed by atoms with Crippen LogP contribution in [0.1, 0.15) is 36.0 Å². The van der Waals surface area contributed by atoms with Crippen LogP contribution in [0.2, 0.25) is 0 Å². The summed E-state index contributed by atoms with van der Waals surface area (Å²) < 4.78 is 17.5. The fourth-order valence-electron chi connectivity index (χ4n) is 7.09. The van der Waals surface area contributed by atoms with E-state index in [2.05, 4.69) is 18.0 Å². The summed E-state index contributed by atoms with van der Waals surface area (Å²) in [5.74, 6) is 1.36. The van der Waals surface area contributed by atoms with E-state index in [-0.39, 0.29) is 24.1 Å². The topological polar surface area (TPSA) is 75.4 Å². The van der Waals surface area contributed by atoms with Gasteiger partial charge in [0.2, 0.25) is 5.91 Å². The first kappa shape index (κ1) is 20.8. The molecule has 4 aliphatic rings. The van der Waals surface area contributed by atoms with Crippen LogP contribution in [0.15, 0.2) is 41.2 Å². The molecule has 1 aromatic heterocycles. The number of rotatable bonds is 4. The number of methoxy groups -OCH3 is 1. The lowest BCUT2D eigenvalue weighted by Gasteiger charge is -2.64. The Balaban J connectivity index is 1.43. The van der Waals surface area contributed by atoms with Crippen LogP contribution in [0.5, 0.6) is 11.5 Å². The predicted molar refractivity (Wildman–Crippen MR) is 122 cm³/mol. The van der Waals surface area contributed by atoms with Crippen molar-refractivity contribution in [2.75, 3.05) is 27.7 Å². The molecule has 1 spiro atoms. The van der Waals surface area contributed by atoms with Gasteiger partial charge < -0.3 is 28.8 Å². The highest BCUT2D eigenvalue weighted by atomic mass is 16.5. The van der Waals surface area contributed by atoms with Gasteiger partial charge in [0.15, 0.2) is 11.5 Å². The van der Waals surface area contributed by atoms with Crippen LogP contribution in [0, 0.1) is 0 Å². The van der Waals surface area contributed by atoms with E-state index in [4.69, 9.17) is 13.9 Å². The van der Waals surface area contributed by atoms with E-state index in [1.54, 1.807) is 36.7 Å². The van der Waals surface area contributed by atoms with Crippen molar-refractivity contribution in [3.05, 3.63) is 53.5 Å². The molecular formula is C26H30N2O5. The zero-order valence-corrected chi connectivity index (χ0v) is 19.3. The van der Waals surface area contributed by atoms with E-state index in [0.717, 1.165) is 36.3 Å². The number of likely N-dealkylation sites (tertiary alicyclic amines) is 1. The molecular weight excluding hydrogens is 420 g/mol. The average molecular weight is 451 g/mol. The van der Waals surface area contributed by atoms with Crippen LogP contribution in [-0.4, -0.2) is 72.4 Å². The molecule has 5 atom stereocenters. The number of hydrogen-bond donors (Lipinski definition) is 1. The molecule has 7 nitrogen and oxygen atoms in total. The summed E-state index contributed by atoms with van der Waals surface area (Å²) in [7, 11) is 5.60. The first-order chi connectivity index (χ1) is 15.9. The Bertz CT molecular complexity index is 1130. The summed E-state index contributed by atoms with van der Waals surface area (Å²) in [6, 6.07) is 5.79. The van der Waals surface area contributed by atoms with Gasteiger partial charge in [-0.15, -0.1) is 0 Å². The third-order valence-corrected chi connectivity index (χ3v) is 8.71. The summed E-state index contributed by atoms with van der Waals surface area (Å²) in [5, 5.41) is 12.3. The second-order valence-corrected chi connectivity index (χ2v) is 9.96. The van der Waals surface area contributed by atoms with E-state index in [0.29, 0.717) is 18.6 Å². The summed E-state index contributed by atoms with van der Waals surface area (Å²) in [6.45, 7) is 0.883. The summed E-state index contributed by atoms with van der Waals surface area (Å²) in [6.07, 6.45) is 9.10. The fraction of sp³-hybridized carbons (Fsp3) is 0.500. The van der Waals surface area contributed by atoms with Crippen molar-refractivity contribution >= 4 is 12.0 Å². The van der Waals surface area contributed by atoms with E-state index in [1.165, 1.54) is 5.56 Å². The lowest BCUT2D eigenvalue weighted by Crippen LogP contribution is -2.77. The molecule has 2 aromatic rings. The molecule has 33 heavy (non-hydrogen) atoms. The van der Waals surface area contributed by atoms with Crippen molar-refractivity contribution in [2.24, 2.45) is 0 Å². The SMILES string of the molecule is COc1ccc2c3c1OC1C(N(C)C(=O)/C=C/c4ccoc4)CC[C@@]4(O)[C@@H](C2)N(C)CC[C@]314. The Kier molecular flexibility index (Phi) is 4.48. The second kappa shape index (κ2) is 7.11. The van der Waals surface area contributed by atoms with Gasteiger partial charge in [0.05, 0.1) is 36.7 Å². The highest BCUT2D eigenvalue weighted by molar-refractivity contribution is 5.91. The molecule has 0 radical (unpaired) electrons. The zero-order valence-electron chi connectivity index (χ0n) is 19.3. The summed E-state index contributed by atoms with van der Waals surface area (Å²) >= 11 is 0. The smallest absolute Gasteiger partial charge is 0.246 e. The van der Waals surface area contributed by atoms with Crippen molar-refractivity contribution in [3.8, 4) is 11.5 Å². The van der Waals surface area contributed by atoms with Gasteiger partial charge in [-0.1, -0.05) is 6.07 Å². The first-order valence-corrected chi connectivity index (χ1v) is 11.7. The third kappa shape index (κ3) is 2.60. The zero-order chi connectivity index (χ0) is 23.0. The molecule has 2 aliphatic carbocycles. The summed E-state index contributed by atoms with van der Waals surface area (Å²) in [5.41, 5.74) is 1.73. The lowest BCUT2D eigenvalue weighted by molar-refractivity contribution is -0.195. The van der Waals surface area contributed by atoms with Gasteiger partial charge in [0.25, 0.3) is 0 Å². The van der Waals surface area contributed by atoms with Gasteiger partial charge in [0.1, 0.15) is 6.10 Å². The van der Waals surface area contributed by atoms with Crippen molar-refractivity contribution in [1.29, 1.82) is 0 Å². The third-order valence-electron chi connectivity index (χ3n) is 8.71. The molecule has 2 fully saturated rings. The molecule has 1 amide bonds. The van der Waals surface area contributed by atoms with Gasteiger partial charge in [0, 0.05) is 30.3 Å². The van der Waals surface area contributed by atoms with Crippen LogP contribution < -0.4 is 9.47 Å². The van der Waals surface area contributed by atoms with Gasteiger partial charge in [-0.05, 0) is 63.0 Å². The molecule has 1 aromatic carbocycles. The van der Waals surface area contributed by atoms with E-state index < -0.39 is 11.0 Å². The molecule has 7 heteroatoms. The summed E-state index contributed by atoms with van der Waals surface area (Å²) in [4.78, 5) is 17.2. The minimum atomic E-state index is -0.900. The molecule has 1 N–H and O–H groups in total. The van der Waals surface area contributed by atoms with Gasteiger partial charge in [-0.3, -0.25) is 4.79 Å². The van der Waals surface area contributed by atoms with Gasteiger partial charge in [-0.25, -0.2) is 0 Å². The second-order valence-electron chi connectivity index (χ2n) is 9.96. The van der Waals surface area contributed by atoms with Crippen molar-refractivity contribution < 1.29 is 23.8 Å². The molecule has 2 aliphatic heterocycles. The number of benzene rings is 1. The van der Waals surface area contributed by atoms with E-state index >= 15 is 0 Å². The Labute approximate surface area is 193 Å². The molecule has 3 heterocycles. The molecule has 6 rings (SSSR count). The lowest BCUT2D eigenvalue weighted by atomic mass is 9.48. The number of likely N-dealkylation sites (N-methyl/N-ethyl adjacent to an activating group) is 2. The first-order valence-electron chi connectivity index (χ1n) is 11.7. The maximum absolute atomic E-state index is 13.1. The molecule has 174 valence electrons. The van der Waals surface area contributed by atoms with Crippen molar-refractivity contribution in [3.63, 3.8) is 0 Å². The van der Waals surface area contributed by atoms with Gasteiger partial charge in [-0.2, -0.15) is 0 Å². The number of carbonyl (C=O) groups excluding carboxylic acids is 1. The highest BCUT2D eigenvalue weighted by Crippen LogP contribution is 2.65. The van der Waals surface area contributed by atoms with Crippen molar-refractivity contribution in [1.82, 2.24) is 9.80 Å². The number of nitrogens with zero attached hydrogens (tertiary/aromatic N) is 2. The van der Waals surface area contributed by atoms with Crippen LogP contribution >= 0.6 is 0 Å². The maximum atomic E-state index is 13.1. The number of amides is 1.